The van der Waals surface area contributed by atoms with Crippen molar-refractivity contribution in [1.82, 2.24) is 0 Å². The molecule has 0 fully saturated rings. The average molecular weight is 237 g/mol. The Bertz CT molecular complexity index is 320. The minimum atomic E-state index is -0.443. The standard InChI is InChI=1S/C9H10ClFO2S/c1-12-5-13-7-4-3-6(10)9(14-2)8(7)11/h3-4H,5H2,1-2H3. The Morgan fingerprint density at radius 2 is 2.21 bits per heavy atom. The smallest absolute Gasteiger partial charge is 0.188 e. The van der Waals surface area contributed by atoms with E-state index in [2.05, 4.69) is 4.74 Å². The summed E-state index contributed by atoms with van der Waals surface area (Å²) in [4.78, 5) is 0.389. The van der Waals surface area contributed by atoms with Crippen molar-refractivity contribution in [3.8, 4) is 5.75 Å². The maximum atomic E-state index is 13.6. The van der Waals surface area contributed by atoms with E-state index >= 15 is 0 Å². The summed E-state index contributed by atoms with van der Waals surface area (Å²) in [5.74, 6) is -0.289. The van der Waals surface area contributed by atoms with Crippen LogP contribution in [0.4, 0.5) is 4.39 Å². The van der Waals surface area contributed by atoms with E-state index in [9.17, 15) is 4.39 Å². The van der Waals surface area contributed by atoms with E-state index in [0.29, 0.717) is 9.92 Å². The Labute approximate surface area is 91.3 Å². The molecular formula is C9H10ClFO2S. The highest BCUT2D eigenvalue weighted by Gasteiger charge is 2.12. The summed E-state index contributed by atoms with van der Waals surface area (Å²) in [5.41, 5.74) is 0. The van der Waals surface area contributed by atoms with Gasteiger partial charge in [-0.1, -0.05) is 11.6 Å². The number of hydrogen-bond donors (Lipinski definition) is 0. The minimum absolute atomic E-state index is 0.0202. The summed E-state index contributed by atoms with van der Waals surface area (Å²) in [5, 5.41) is 0.389. The van der Waals surface area contributed by atoms with Crippen LogP contribution in [-0.2, 0) is 4.74 Å². The fourth-order valence-electron chi connectivity index (χ4n) is 0.935. The molecule has 0 bridgehead atoms. The van der Waals surface area contributed by atoms with Gasteiger partial charge in [-0.15, -0.1) is 11.8 Å². The minimum Gasteiger partial charge on any atom is -0.464 e. The Morgan fingerprint density at radius 1 is 1.50 bits per heavy atom. The van der Waals surface area contributed by atoms with Crippen molar-refractivity contribution in [3.63, 3.8) is 0 Å². The molecule has 0 aliphatic carbocycles. The van der Waals surface area contributed by atoms with E-state index in [1.54, 1.807) is 12.3 Å². The molecule has 0 atom stereocenters. The van der Waals surface area contributed by atoms with Crippen LogP contribution < -0.4 is 4.74 Å². The molecule has 5 heteroatoms. The van der Waals surface area contributed by atoms with Crippen molar-refractivity contribution < 1.29 is 13.9 Å². The summed E-state index contributed by atoms with van der Waals surface area (Å²) in [6.07, 6.45) is 1.75. The van der Waals surface area contributed by atoms with Crippen molar-refractivity contribution in [2.45, 2.75) is 4.90 Å². The van der Waals surface area contributed by atoms with E-state index in [0.717, 1.165) is 0 Å². The molecule has 0 aliphatic rings. The highest BCUT2D eigenvalue weighted by atomic mass is 35.5. The molecule has 0 heterocycles. The van der Waals surface area contributed by atoms with Crippen LogP contribution in [0.25, 0.3) is 0 Å². The van der Waals surface area contributed by atoms with Gasteiger partial charge in [0.25, 0.3) is 0 Å². The topological polar surface area (TPSA) is 18.5 Å². The first-order valence-electron chi connectivity index (χ1n) is 3.84. The third kappa shape index (κ3) is 2.53. The molecule has 1 rings (SSSR count). The molecule has 2 nitrogen and oxygen atoms in total. The fraction of sp³-hybridized carbons (Fsp3) is 0.333. The first-order valence-corrected chi connectivity index (χ1v) is 5.44. The molecule has 0 aromatic heterocycles. The molecule has 14 heavy (non-hydrogen) atoms. The van der Waals surface area contributed by atoms with Crippen LogP contribution in [0, 0.1) is 5.82 Å². The third-order valence-corrected chi connectivity index (χ3v) is 2.78. The van der Waals surface area contributed by atoms with Gasteiger partial charge < -0.3 is 9.47 Å². The Hall–Kier alpha value is -0.450. The normalized spacial score (nSPS) is 10.3. The van der Waals surface area contributed by atoms with E-state index in [1.807, 2.05) is 0 Å². The van der Waals surface area contributed by atoms with Gasteiger partial charge in [0.2, 0.25) is 0 Å². The number of thioether (sulfide) groups is 1. The zero-order valence-corrected chi connectivity index (χ0v) is 9.41. The van der Waals surface area contributed by atoms with Gasteiger partial charge in [0.05, 0.1) is 9.92 Å². The van der Waals surface area contributed by atoms with E-state index in [4.69, 9.17) is 16.3 Å². The molecule has 1 aromatic carbocycles. The maximum absolute atomic E-state index is 13.6. The second-order valence-corrected chi connectivity index (χ2v) is 3.67. The van der Waals surface area contributed by atoms with E-state index in [1.165, 1.54) is 24.9 Å². The number of benzene rings is 1. The zero-order chi connectivity index (χ0) is 10.6. The van der Waals surface area contributed by atoms with Crippen LogP contribution >= 0.6 is 23.4 Å². The quantitative estimate of drug-likeness (QED) is 0.591. The molecule has 0 spiro atoms. The molecule has 0 aliphatic heterocycles. The summed E-state index contributed by atoms with van der Waals surface area (Å²) in [7, 11) is 1.48. The average Bonchev–Trinajstić information content (AvgIpc) is 2.18. The SMILES string of the molecule is COCOc1ccc(Cl)c(SC)c1F. The molecule has 78 valence electrons. The van der Waals surface area contributed by atoms with E-state index in [-0.39, 0.29) is 12.5 Å². The molecule has 0 radical (unpaired) electrons. The van der Waals surface area contributed by atoms with Crippen LogP contribution in [0.3, 0.4) is 0 Å². The highest BCUT2D eigenvalue weighted by molar-refractivity contribution is 7.98. The van der Waals surface area contributed by atoms with Crippen LogP contribution in [-0.4, -0.2) is 20.2 Å². The molecule has 0 saturated heterocycles. The Kier molecular flexibility index (Phi) is 4.51. The lowest BCUT2D eigenvalue weighted by Gasteiger charge is -2.09. The first-order chi connectivity index (χ1) is 6.70. The van der Waals surface area contributed by atoms with Crippen molar-refractivity contribution in [2.24, 2.45) is 0 Å². The Morgan fingerprint density at radius 3 is 2.79 bits per heavy atom. The van der Waals surface area contributed by atoms with Crippen LogP contribution in [0.1, 0.15) is 0 Å². The molecule has 0 unspecified atom stereocenters. The fourth-order valence-corrected chi connectivity index (χ4v) is 1.86. The van der Waals surface area contributed by atoms with Gasteiger partial charge >= 0.3 is 0 Å². The number of halogens is 2. The predicted octanol–water partition coefficient (Wildman–Crippen LogP) is 3.18. The highest BCUT2D eigenvalue weighted by Crippen LogP contribution is 2.33. The number of ether oxygens (including phenoxy) is 2. The third-order valence-electron chi connectivity index (χ3n) is 1.55. The molecule has 0 N–H and O–H groups in total. The van der Waals surface area contributed by atoms with Crippen molar-refractivity contribution in [1.29, 1.82) is 0 Å². The largest absolute Gasteiger partial charge is 0.464 e. The summed E-state index contributed by atoms with van der Waals surface area (Å²) in [6.45, 7) is 0.0202. The first kappa shape index (κ1) is 11.6. The number of methoxy groups -OCH3 is 1. The number of rotatable bonds is 4. The lowest BCUT2D eigenvalue weighted by Crippen LogP contribution is -2.01. The van der Waals surface area contributed by atoms with Crippen molar-refractivity contribution >= 4 is 23.4 Å². The van der Waals surface area contributed by atoms with Gasteiger partial charge in [0, 0.05) is 7.11 Å². The summed E-state index contributed by atoms with van der Waals surface area (Å²) < 4.78 is 23.3. The lowest BCUT2D eigenvalue weighted by atomic mass is 10.3. The zero-order valence-electron chi connectivity index (χ0n) is 7.84. The molecule has 0 saturated carbocycles. The van der Waals surface area contributed by atoms with Gasteiger partial charge in [-0.2, -0.15) is 0 Å². The van der Waals surface area contributed by atoms with Gasteiger partial charge in [-0.25, -0.2) is 4.39 Å². The Balaban J connectivity index is 2.96. The van der Waals surface area contributed by atoms with Crippen molar-refractivity contribution in [2.75, 3.05) is 20.2 Å². The van der Waals surface area contributed by atoms with Gasteiger partial charge in [0.1, 0.15) is 0 Å². The van der Waals surface area contributed by atoms with Crippen LogP contribution in [0.5, 0.6) is 5.75 Å². The predicted molar refractivity (Wildman–Crippen MR) is 55.7 cm³/mol. The molecular weight excluding hydrogens is 227 g/mol. The second-order valence-electron chi connectivity index (χ2n) is 2.44. The van der Waals surface area contributed by atoms with Crippen molar-refractivity contribution in [3.05, 3.63) is 23.0 Å². The second kappa shape index (κ2) is 5.44. The lowest BCUT2D eigenvalue weighted by molar-refractivity contribution is 0.0479. The number of hydrogen-bond acceptors (Lipinski definition) is 3. The molecule has 0 amide bonds. The summed E-state index contributed by atoms with van der Waals surface area (Å²) in [6, 6.07) is 3.08. The van der Waals surface area contributed by atoms with Crippen LogP contribution in [0.2, 0.25) is 5.02 Å². The van der Waals surface area contributed by atoms with E-state index < -0.39 is 5.82 Å². The van der Waals surface area contributed by atoms with Gasteiger partial charge in [-0.05, 0) is 18.4 Å². The molecule has 1 aromatic rings. The van der Waals surface area contributed by atoms with Gasteiger partial charge in [0.15, 0.2) is 18.4 Å². The van der Waals surface area contributed by atoms with Crippen LogP contribution in [0.15, 0.2) is 17.0 Å². The monoisotopic (exact) mass is 236 g/mol. The maximum Gasteiger partial charge on any atom is 0.188 e. The van der Waals surface area contributed by atoms with Gasteiger partial charge in [-0.3, -0.25) is 0 Å². The summed E-state index contributed by atoms with van der Waals surface area (Å²) >= 11 is 7.03.